The molecule has 4 aromatic rings. The molecule has 1 fully saturated rings. The minimum Gasteiger partial charge on any atom is -0.356 e. The van der Waals surface area contributed by atoms with Crippen molar-refractivity contribution in [3.63, 3.8) is 0 Å². The summed E-state index contributed by atoms with van der Waals surface area (Å²) in [6.07, 6.45) is 2.98. The number of anilines is 1. The number of para-hydroxylation sites is 1. The Morgan fingerprint density at radius 3 is 2.40 bits per heavy atom. The molecule has 1 N–H and O–H groups in total. The van der Waals surface area contributed by atoms with Crippen molar-refractivity contribution in [2.75, 3.05) is 17.7 Å². The van der Waals surface area contributed by atoms with Crippen LogP contribution in [0.3, 0.4) is 0 Å². The standard InChI is InChI=1S/C29H27N3O2S/c1-4-18-9-11-19(12-10-18)23-17-31-28(34)32(20-13-15-21(35-3)16-14-20)27(33)29(31,2)26-25(23)22-7-5-6-8-24(22)30-26/h5-16,23,30H,4,17H2,1-3H3/t23-,29+/m1/s1. The van der Waals surface area contributed by atoms with E-state index in [4.69, 9.17) is 0 Å². The fourth-order valence-electron chi connectivity index (χ4n) is 5.63. The van der Waals surface area contributed by atoms with Gasteiger partial charge in [-0.1, -0.05) is 49.4 Å². The molecular formula is C29H27N3O2S. The highest BCUT2D eigenvalue weighted by molar-refractivity contribution is 7.98. The maximum atomic E-state index is 14.0. The number of aromatic amines is 1. The monoisotopic (exact) mass is 481 g/mol. The summed E-state index contributed by atoms with van der Waals surface area (Å²) in [4.78, 5) is 35.6. The molecule has 0 radical (unpaired) electrons. The molecule has 1 saturated heterocycles. The van der Waals surface area contributed by atoms with Gasteiger partial charge in [0.2, 0.25) is 0 Å². The number of fused-ring (bicyclic) bond motifs is 5. The number of hydrogen-bond acceptors (Lipinski definition) is 3. The number of urea groups is 1. The number of nitrogens with one attached hydrogen (secondary N) is 1. The molecule has 0 unspecified atom stereocenters. The first-order valence-corrected chi connectivity index (χ1v) is 13.2. The van der Waals surface area contributed by atoms with Gasteiger partial charge in [-0.05, 0) is 66.6 Å². The van der Waals surface area contributed by atoms with Crippen molar-refractivity contribution in [3.05, 3.63) is 95.2 Å². The van der Waals surface area contributed by atoms with Gasteiger partial charge in [0.25, 0.3) is 5.91 Å². The van der Waals surface area contributed by atoms with Gasteiger partial charge in [-0.25, -0.2) is 9.69 Å². The fourth-order valence-corrected chi connectivity index (χ4v) is 6.04. The molecule has 2 aliphatic heterocycles. The minimum absolute atomic E-state index is 0.0318. The van der Waals surface area contributed by atoms with Gasteiger partial charge in [0.05, 0.1) is 11.4 Å². The highest BCUT2D eigenvalue weighted by Crippen LogP contribution is 2.50. The first kappa shape index (κ1) is 22.0. The molecule has 176 valence electrons. The van der Waals surface area contributed by atoms with E-state index in [1.165, 1.54) is 10.5 Å². The van der Waals surface area contributed by atoms with Crippen molar-refractivity contribution in [1.82, 2.24) is 9.88 Å². The molecule has 6 rings (SSSR count). The summed E-state index contributed by atoms with van der Waals surface area (Å²) in [6, 6.07) is 24.2. The van der Waals surface area contributed by atoms with Crippen molar-refractivity contribution >= 4 is 40.3 Å². The van der Waals surface area contributed by atoms with E-state index >= 15 is 0 Å². The number of thioether (sulfide) groups is 1. The predicted octanol–water partition coefficient (Wildman–Crippen LogP) is 6.28. The number of rotatable bonds is 4. The molecule has 1 aromatic heterocycles. The third-order valence-corrected chi connectivity index (χ3v) is 8.39. The van der Waals surface area contributed by atoms with Crippen LogP contribution in [0.25, 0.3) is 10.9 Å². The molecule has 5 nitrogen and oxygen atoms in total. The Labute approximate surface area is 209 Å². The lowest BCUT2D eigenvalue weighted by atomic mass is 9.78. The van der Waals surface area contributed by atoms with Gasteiger partial charge < -0.3 is 9.88 Å². The van der Waals surface area contributed by atoms with Crippen LogP contribution in [-0.4, -0.2) is 34.6 Å². The summed E-state index contributed by atoms with van der Waals surface area (Å²) >= 11 is 1.63. The zero-order chi connectivity index (χ0) is 24.3. The largest absolute Gasteiger partial charge is 0.356 e. The minimum atomic E-state index is -1.09. The average molecular weight is 482 g/mol. The number of imide groups is 1. The van der Waals surface area contributed by atoms with Gasteiger partial charge in [-0.2, -0.15) is 0 Å². The van der Waals surface area contributed by atoms with E-state index in [-0.39, 0.29) is 17.9 Å². The normalized spacial score (nSPS) is 21.5. The number of aryl methyl sites for hydroxylation is 1. The van der Waals surface area contributed by atoms with Crippen molar-refractivity contribution in [2.45, 2.75) is 36.6 Å². The van der Waals surface area contributed by atoms with Gasteiger partial charge in [0.1, 0.15) is 0 Å². The maximum Gasteiger partial charge on any atom is 0.332 e. The fraction of sp³-hybridized carbons (Fsp3) is 0.241. The smallest absolute Gasteiger partial charge is 0.332 e. The summed E-state index contributed by atoms with van der Waals surface area (Å²) in [5.41, 5.74) is 4.86. The molecule has 0 bridgehead atoms. The second-order valence-corrected chi connectivity index (χ2v) is 10.3. The molecule has 0 saturated carbocycles. The molecule has 3 amide bonds. The molecule has 3 aromatic carbocycles. The highest BCUT2D eigenvalue weighted by atomic mass is 32.2. The molecule has 6 heteroatoms. The quantitative estimate of drug-likeness (QED) is 0.276. The van der Waals surface area contributed by atoms with Crippen LogP contribution in [0.15, 0.2) is 77.7 Å². The van der Waals surface area contributed by atoms with E-state index in [0.717, 1.165) is 39.0 Å². The lowest BCUT2D eigenvalue weighted by molar-refractivity contribution is -0.125. The number of carbonyl (C=O) groups is 2. The number of hydrogen-bond donors (Lipinski definition) is 1. The zero-order valence-electron chi connectivity index (χ0n) is 20.0. The molecule has 3 heterocycles. The van der Waals surface area contributed by atoms with Gasteiger partial charge in [-0.15, -0.1) is 11.8 Å². The number of nitrogens with zero attached hydrogens (tertiary/aromatic N) is 2. The Bertz CT molecular complexity index is 1460. The second kappa shape index (κ2) is 8.02. The summed E-state index contributed by atoms with van der Waals surface area (Å²) in [5.74, 6) is -0.248. The topological polar surface area (TPSA) is 56.4 Å². The van der Waals surface area contributed by atoms with Crippen LogP contribution in [0.1, 0.15) is 42.1 Å². The second-order valence-electron chi connectivity index (χ2n) is 9.41. The van der Waals surface area contributed by atoms with E-state index in [1.807, 2.05) is 55.6 Å². The summed E-state index contributed by atoms with van der Waals surface area (Å²) < 4.78 is 0. The Balaban J connectivity index is 1.53. The van der Waals surface area contributed by atoms with Crippen LogP contribution in [0.2, 0.25) is 0 Å². The lowest BCUT2D eigenvalue weighted by Gasteiger charge is -2.40. The summed E-state index contributed by atoms with van der Waals surface area (Å²) in [6.45, 7) is 4.47. The first-order chi connectivity index (χ1) is 17.0. The molecule has 2 aliphatic rings. The Morgan fingerprint density at radius 1 is 1.00 bits per heavy atom. The van der Waals surface area contributed by atoms with Crippen LogP contribution >= 0.6 is 11.8 Å². The average Bonchev–Trinajstić information content (AvgIpc) is 3.38. The third kappa shape index (κ3) is 3.09. The van der Waals surface area contributed by atoms with E-state index in [0.29, 0.717) is 12.2 Å². The predicted molar refractivity (Wildman–Crippen MR) is 141 cm³/mol. The Morgan fingerprint density at radius 2 is 1.71 bits per heavy atom. The Kier molecular flexibility index (Phi) is 5.04. The van der Waals surface area contributed by atoms with Crippen molar-refractivity contribution in [1.29, 1.82) is 0 Å². The molecule has 0 spiro atoms. The van der Waals surface area contributed by atoms with Gasteiger partial charge >= 0.3 is 6.03 Å². The maximum absolute atomic E-state index is 14.0. The van der Waals surface area contributed by atoms with Crippen LogP contribution in [0, 0.1) is 0 Å². The lowest BCUT2D eigenvalue weighted by Crippen LogP contribution is -2.50. The van der Waals surface area contributed by atoms with Gasteiger partial charge in [0.15, 0.2) is 5.54 Å². The molecule has 2 atom stereocenters. The van der Waals surface area contributed by atoms with Crippen LogP contribution in [-0.2, 0) is 16.8 Å². The first-order valence-electron chi connectivity index (χ1n) is 12.0. The third-order valence-electron chi connectivity index (χ3n) is 7.65. The molecular weight excluding hydrogens is 454 g/mol. The van der Waals surface area contributed by atoms with Gasteiger partial charge in [0, 0.05) is 28.3 Å². The van der Waals surface area contributed by atoms with Crippen LogP contribution in [0.4, 0.5) is 10.5 Å². The van der Waals surface area contributed by atoms with Gasteiger partial charge in [-0.3, -0.25) is 4.79 Å². The van der Waals surface area contributed by atoms with E-state index in [9.17, 15) is 9.59 Å². The summed E-state index contributed by atoms with van der Waals surface area (Å²) in [5, 5.41) is 1.11. The van der Waals surface area contributed by atoms with Crippen molar-refractivity contribution in [3.8, 4) is 0 Å². The van der Waals surface area contributed by atoms with E-state index in [1.54, 1.807) is 16.7 Å². The van der Waals surface area contributed by atoms with Crippen molar-refractivity contribution in [2.24, 2.45) is 0 Å². The number of benzene rings is 3. The number of amides is 3. The zero-order valence-corrected chi connectivity index (χ0v) is 20.9. The van der Waals surface area contributed by atoms with Crippen LogP contribution < -0.4 is 4.90 Å². The van der Waals surface area contributed by atoms with E-state index < -0.39 is 5.54 Å². The van der Waals surface area contributed by atoms with Crippen molar-refractivity contribution < 1.29 is 9.59 Å². The number of H-pyrrole nitrogens is 1. The number of aromatic nitrogens is 1. The Hall–Kier alpha value is -3.51. The SMILES string of the molecule is CCc1ccc([C@H]2CN3C(=O)N(c4ccc(SC)cc4)C(=O)[C@]3(C)c3[nH]c4ccccc4c32)cc1. The van der Waals surface area contributed by atoms with E-state index in [2.05, 4.69) is 42.2 Å². The summed E-state index contributed by atoms with van der Waals surface area (Å²) in [7, 11) is 0. The number of carbonyl (C=O) groups excluding carboxylic acids is 2. The molecule has 0 aliphatic carbocycles. The highest BCUT2D eigenvalue weighted by Gasteiger charge is 2.60. The van der Waals surface area contributed by atoms with Crippen LogP contribution in [0.5, 0.6) is 0 Å². The molecule has 35 heavy (non-hydrogen) atoms.